The molecule has 1 amide bonds. The molecule has 0 bridgehead atoms. The number of hydrogen-bond donors (Lipinski definition) is 3. The number of carbonyl (C=O) groups is 1. The number of phenolic OH excluding ortho intramolecular Hbond substituents is 1. The van der Waals surface area contributed by atoms with E-state index in [1.165, 1.54) is 18.2 Å². The molecule has 0 saturated carbocycles. The molecule has 1 aromatic rings. The predicted molar refractivity (Wildman–Crippen MR) is 51.0 cm³/mol. The molecule has 0 aliphatic carbocycles. The molecule has 1 rings (SSSR count). The van der Waals surface area contributed by atoms with Crippen LogP contribution in [-0.2, 0) is 0 Å². The zero-order valence-corrected chi connectivity index (χ0v) is 6.51. The molecule has 1 aromatic carbocycles. The standard InChI is InChI=1S/C7H7NO2S.Na.H/c8-7(10)4-1-2-6(11)5(9)3-4;;/h1-3,9,11H,(H2,8,10);;. The van der Waals surface area contributed by atoms with Gasteiger partial charge in [0.15, 0.2) is 0 Å². The van der Waals surface area contributed by atoms with Crippen molar-refractivity contribution in [3.05, 3.63) is 23.8 Å². The van der Waals surface area contributed by atoms with Gasteiger partial charge in [-0.05, 0) is 18.2 Å². The molecule has 0 heterocycles. The van der Waals surface area contributed by atoms with E-state index in [-0.39, 0.29) is 40.9 Å². The van der Waals surface area contributed by atoms with E-state index in [1.54, 1.807) is 0 Å². The van der Waals surface area contributed by atoms with Crippen LogP contribution in [0.1, 0.15) is 10.4 Å². The maximum absolute atomic E-state index is 10.6. The Hall–Kier alpha value is -0.160. The summed E-state index contributed by atoms with van der Waals surface area (Å²) in [7, 11) is 0. The molecule has 3 nitrogen and oxygen atoms in total. The number of rotatable bonds is 1. The van der Waals surface area contributed by atoms with Crippen molar-refractivity contribution in [1.82, 2.24) is 0 Å². The monoisotopic (exact) mass is 193 g/mol. The Bertz CT molecular complexity index is 303. The Morgan fingerprint density at radius 3 is 2.50 bits per heavy atom. The molecule has 0 radical (unpaired) electrons. The van der Waals surface area contributed by atoms with Crippen LogP contribution in [0.2, 0.25) is 0 Å². The summed E-state index contributed by atoms with van der Waals surface area (Å²) in [5.41, 5.74) is 5.24. The SMILES string of the molecule is NC(=O)c1ccc(S)c(O)c1.[NaH]. The van der Waals surface area contributed by atoms with Gasteiger partial charge in [-0.2, -0.15) is 0 Å². The molecule has 3 N–H and O–H groups in total. The zero-order valence-electron chi connectivity index (χ0n) is 5.61. The fourth-order valence-electron chi connectivity index (χ4n) is 0.677. The topological polar surface area (TPSA) is 63.3 Å². The molecule has 5 heteroatoms. The number of benzene rings is 1. The first-order valence-corrected chi connectivity index (χ1v) is 3.38. The summed E-state index contributed by atoms with van der Waals surface area (Å²) in [6.45, 7) is 0. The van der Waals surface area contributed by atoms with Gasteiger partial charge in [-0.1, -0.05) is 0 Å². The molecule has 12 heavy (non-hydrogen) atoms. The fraction of sp³-hybridized carbons (Fsp3) is 0. The van der Waals surface area contributed by atoms with Crippen molar-refractivity contribution < 1.29 is 9.90 Å². The van der Waals surface area contributed by atoms with Crippen molar-refractivity contribution in [1.29, 1.82) is 0 Å². The summed E-state index contributed by atoms with van der Waals surface area (Å²) in [4.78, 5) is 11.0. The van der Waals surface area contributed by atoms with Crippen molar-refractivity contribution >= 4 is 48.1 Å². The fourth-order valence-corrected chi connectivity index (χ4v) is 0.816. The Balaban J connectivity index is 0.00000121. The average Bonchev–Trinajstić information content (AvgIpc) is 1.94. The van der Waals surface area contributed by atoms with Crippen LogP contribution < -0.4 is 5.73 Å². The molecule has 0 aliphatic heterocycles. The van der Waals surface area contributed by atoms with E-state index in [1.807, 2.05) is 0 Å². The van der Waals surface area contributed by atoms with Crippen molar-refractivity contribution in [2.45, 2.75) is 4.90 Å². The summed E-state index contributed by atoms with van der Waals surface area (Å²) in [6.07, 6.45) is 0. The molecule has 0 aliphatic rings. The number of amides is 1. The van der Waals surface area contributed by atoms with E-state index in [4.69, 9.17) is 10.8 Å². The Morgan fingerprint density at radius 1 is 1.50 bits per heavy atom. The van der Waals surface area contributed by atoms with Crippen molar-refractivity contribution in [3.63, 3.8) is 0 Å². The number of nitrogens with two attached hydrogens (primary N) is 1. The van der Waals surface area contributed by atoms with Crippen LogP contribution in [0.4, 0.5) is 0 Å². The predicted octanol–water partition coefficient (Wildman–Crippen LogP) is 0.131. The summed E-state index contributed by atoms with van der Waals surface area (Å²) in [6, 6.07) is 4.30. The number of phenols is 1. The quantitative estimate of drug-likeness (QED) is 0.438. The van der Waals surface area contributed by atoms with E-state index in [2.05, 4.69) is 12.6 Å². The van der Waals surface area contributed by atoms with Gasteiger partial charge in [0.25, 0.3) is 0 Å². The summed E-state index contributed by atoms with van der Waals surface area (Å²) in [5.74, 6) is -0.599. The van der Waals surface area contributed by atoms with Crippen molar-refractivity contribution in [2.24, 2.45) is 5.73 Å². The summed E-state index contributed by atoms with van der Waals surface area (Å²) < 4.78 is 0. The zero-order chi connectivity index (χ0) is 8.43. The Kier molecular flexibility index (Phi) is 4.70. The second kappa shape index (κ2) is 4.77. The molecular weight excluding hydrogens is 185 g/mol. The van der Waals surface area contributed by atoms with E-state index in [9.17, 15) is 4.79 Å². The minimum absolute atomic E-state index is 0. The molecule has 0 unspecified atom stereocenters. The molecule has 0 aromatic heterocycles. The first-order valence-electron chi connectivity index (χ1n) is 2.93. The van der Waals surface area contributed by atoms with Gasteiger partial charge in [-0.25, -0.2) is 0 Å². The van der Waals surface area contributed by atoms with Gasteiger partial charge in [0.2, 0.25) is 5.91 Å². The first kappa shape index (κ1) is 11.8. The molecule has 60 valence electrons. The van der Waals surface area contributed by atoms with E-state index in [0.717, 1.165) is 0 Å². The van der Waals surface area contributed by atoms with Gasteiger partial charge in [0.1, 0.15) is 5.75 Å². The third-order valence-corrected chi connectivity index (χ3v) is 1.64. The first-order chi connectivity index (χ1) is 5.11. The van der Waals surface area contributed by atoms with Crippen molar-refractivity contribution in [2.75, 3.05) is 0 Å². The third-order valence-electron chi connectivity index (χ3n) is 1.26. The minimum atomic E-state index is -0.561. The van der Waals surface area contributed by atoms with Crippen molar-refractivity contribution in [3.8, 4) is 5.75 Å². The van der Waals surface area contributed by atoms with Crippen LogP contribution in [-0.4, -0.2) is 40.6 Å². The number of aromatic hydroxyl groups is 1. The number of carbonyl (C=O) groups excluding carboxylic acids is 1. The number of thiol groups is 1. The van der Waals surface area contributed by atoms with Crippen LogP contribution in [0.15, 0.2) is 23.1 Å². The second-order valence-electron chi connectivity index (χ2n) is 2.07. The van der Waals surface area contributed by atoms with Crippen LogP contribution in [0.3, 0.4) is 0 Å². The van der Waals surface area contributed by atoms with E-state index >= 15 is 0 Å². The maximum atomic E-state index is 10.6. The Morgan fingerprint density at radius 2 is 2.08 bits per heavy atom. The van der Waals surface area contributed by atoms with Gasteiger partial charge in [0.05, 0.1) is 0 Å². The van der Waals surface area contributed by atoms with Gasteiger partial charge in [0, 0.05) is 10.5 Å². The van der Waals surface area contributed by atoms with Crippen LogP contribution in [0.25, 0.3) is 0 Å². The molecule has 0 fully saturated rings. The van der Waals surface area contributed by atoms with E-state index in [0.29, 0.717) is 4.90 Å². The average molecular weight is 193 g/mol. The van der Waals surface area contributed by atoms with Gasteiger partial charge in [-0.3, -0.25) is 4.79 Å². The van der Waals surface area contributed by atoms with Gasteiger partial charge < -0.3 is 10.8 Å². The summed E-state index contributed by atoms with van der Waals surface area (Å²) in [5, 5.41) is 9.06. The van der Waals surface area contributed by atoms with Crippen LogP contribution in [0, 0.1) is 0 Å². The van der Waals surface area contributed by atoms with Crippen LogP contribution in [0.5, 0.6) is 5.75 Å². The van der Waals surface area contributed by atoms with Crippen LogP contribution >= 0.6 is 12.6 Å². The molecule has 0 saturated heterocycles. The molecular formula is C7H8NNaO2S. The molecule has 0 atom stereocenters. The summed E-state index contributed by atoms with van der Waals surface area (Å²) >= 11 is 3.91. The Labute approximate surface area is 97.7 Å². The van der Waals surface area contributed by atoms with Gasteiger partial charge in [-0.15, -0.1) is 12.6 Å². The number of primary amides is 1. The third kappa shape index (κ3) is 2.71. The van der Waals surface area contributed by atoms with Gasteiger partial charge >= 0.3 is 29.6 Å². The number of hydrogen-bond acceptors (Lipinski definition) is 3. The molecule has 0 spiro atoms. The van der Waals surface area contributed by atoms with E-state index < -0.39 is 5.91 Å². The second-order valence-corrected chi connectivity index (χ2v) is 2.55. The normalized spacial score (nSPS) is 8.75.